The number of benzene rings is 2. The predicted molar refractivity (Wildman–Crippen MR) is 138 cm³/mol. The molecule has 1 aromatic heterocycles. The van der Waals surface area contributed by atoms with E-state index in [0.29, 0.717) is 24.4 Å². The molecule has 2 aromatic carbocycles. The molecule has 0 radical (unpaired) electrons. The van der Waals surface area contributed by atoms with Crippen LogP contribution in [0.25, 0.3) is 16.6 Å². The molecular weight excluding hydrogens is 426 g/mol. The molecule has 3 aliphatic heterocycles. The minimum Gasteiger partial charge on any atom is -0.465 e. The van der Waals surface area contributed by atoms with Crippen LogP contribution in [0.4, 0.5) is 0 Å². The van der Waals surface area contributed by atoms with Crippen molar-refractivity contribution in [2.45, 2.75) is 45.2 Å². The molecule has 0 aliphatic carbocycles. The molecule has 0 bridgehead atoms. The summed E-state index contributed by atoms with van der Waals surface area (Å²) < 4.78 is 8.65. The van der Waals surface area contributed by atoms with E-state index in [2.05, 4.69) is 64.2 Å². The van der Waals surface area contributed by atoms with Crippen LogP contribution >= 0.6 is 12.2 Å². The number of nitrogens with zero attached hydrogens (tertiary/aromatic N) is 2. The van der Waals surface area contributed by atoms with Gasteiger partial charge in [0.2, 0.25) is 0 Å². The van der Waals surface area contributed by atoms with Crippen molar-refractivity contribution >= 4 is 34.0 Å². The van der Waals surface area contributed by atoms with E-state index in [4.69, 9.17) is 17.0 Å². The zero-order chi connectivity index (χ0) is 22.4. The third kappa shape index (κ3) is 3.41. The van der Waals surface area contributed by atoms with Gasteiger partial charge in [-0.2, -0.15) is 0 Å². The van der Waals surface area contributed by atoms with Crippen LogP contribution in [0.1, 0.15) is 49.0 Å². The maximum absolute atomic E-state index is 6.15. The smallest absolute Gasteiger partial charge is 0.257 e. The van der Waals surface area contributed by atoms with Crippen molar-refractivity contribution in [3.63, 3.8) is 0 Å². The van der Waals surface area contributed by atoms with Crippen LogP contribution in [-0.4, -0.2) is 34.3 Å². The van der Waals surface area contributed by atoms with E-state index in [9.17, 15) is 0 Å². The van der Waals surface area contributed by atoms with Crippen LogP contribution in [0.5, 0.6) is 0 Å². The molecule has 1 saturated heterocycles. The first-order valence-corrected chi connectivity index (χ1v) is 12.6. The Bertz CT molecular complexity index is 1230. The van der Waals surface area contributed by atoms with Crippen molar-refractivity contribution in [1.82, 2.24) is 14.8 Å². The number of hydrogen-bond acceptors (Lipinski definition) is 3. The van der Waals surface area contributed by atoms with E-state index in [-0.39, 0.29) is 5.41 Å². The van der Waals surface area contributed by atoms with Crippen molar-refractivity contribution in [3.8, 4) is 0 Å². The Morgan fingerprint density at radius 3 is 2.79 bits per heavy atom. The summed E-state index contributed by atoms with van der Waals surface area (Å²) in [6, 6.07) is 19.7. The summed E-state index contributed by atoms with van der Waals surface area (Å²) in [4.78, 5) is 2.74. The zero-order valence-corrected chi connectivity index (χ0v) is 20.0. The lowest BCUT2D eigenvalue weighted by Crippen LogP contribution is -2.50. The van der Waals surface area contributed by atoms with Gasteiger partial charge < -0.3 is 14.6 Å². The minimum absolute atomic E-state index is 0.176. The number of nitrogens with one attached hydrogen (secondary N) is 1. The highest BCUT2D eigenvalue weighted by Crippen LogP contribution is 2.56. The normalized spacial score (nSPS) is 23.7. The summed E-state index contributed by atoms with van der Waals surface area (Å²) in [5.41, 5.74) is 6.96. The highest BCUT2D eigenvalue weighted by molar-refractivity contribution is 7.80. The summed E-state index contributed by atoms with van der Waals surface area (Å²) in [5, 5.41) is 5.13. The molecule has 1 fully saturated rings. The number of para-hydroxylation sites is 1. The average molecular weight is 458 g/mol. The third-order valence-electron chi connectivity index (χ3n) is 7.96. The monoisotopic (exact) mass is 457 g/mol. The second-order valence-electron chi connectivity index (χ2n) is 9.65. The van der Waals surface area contributed by atoms with Crippen LogP contribution in [0.2, 0.25) is 0 Å². The molecule has 6 rings (SSSR count). The van der Waals surface area contributed by atoms with Crippen molar-refractivity contribution in [2.24, 2.45) is 5.41 Å². The minimum atomic E-state index is 0.176. The van der Waals surface area contributed by atoms with Gasteiger partial charge in [0.05, 0.1) is 17.3 Å². The summed E-state index contributed by atoms with van der Waals surface area (Å²) >= 11 is 5.54. The summed E-state index contributed by atoms with van der Waals surface area (Å²) in [6.07, 6.45) is 7.32. The van der Waals surface area contributed by atoms with Crippen LogP contribution in [0.15, 0.2) is 60.7 Å². The van der Waals surface area contributed by atoms with Gasteiger partial charge in [-0.25, -0.2) is 0 Å². The number of thiocarbonyl (C=S) groups is 1. The second-order valence-corrected chi connectivity index (χ2v) is 10.0. The fourth-order valence-electron chi connectivity index (χ4n) is 6.45. The molecule has 3 aromatic rings. The summed E-state index contributed by atoms with van der Waals surface area (Å²) in [7, 11) is 0. The van der Waals surface area contributed by atoms with E-state index in [1.165, 1.54) is 53.8 Å². The maximum Gasteiger partial charge on any atom is 0.257 e. The van der Waals surface area contributed by atoms with Crippen molar-refractivity contribution in [3.05, 3.63) is 77.5 Å². The largest absolute Gasteiger partial charge is 0.465 e. The molecule has 2 atom stereocenters. The van der Waals surface area contributed by atoms with Gasteiger partial charge in [0.15, 0.2) is 0 Å². The molecule has 0 saturated carbocycles. The Hall–Kier alpha value is -2.63. The van der Waals surface area contributed by atoms with E-state index in [0.717, 1.165) is 12.8 Å². The molecular formula is C28H31N3OS. The molecule has 1 N–H and O–H groups in total. The molecule has 0 spiro atoms. The first-order valence-electron chi connectivity index (χ1n) is 12.2. The molecule has 170 valence electrons. The number of rotatable bonds is 5. The first-order chi connectivity index (χ1) is 16.2. The molecule has 5 heteroatoms. The topological polar surface area (TPSA) is 29.4 Å². The van der Waals surface area contributed by atoms with Crippen LogP contribution < -0.4 is 5.32 Å². The molecule has 0 amide bonds. The SMILES string of the molecule is CC[C@@]12C=C(COC(=S)NCc3ccccc3)n3c4c(c5ccccc53)CCN(CCC1)[C@H]42. The van der Waals surface area contributed by atoms with Gasteiger partial charge in [0.25, 0.3) is 5.17 Å². The van der Waals surface area contributed by atoms with Crippen LogP contribution in [0, 0.1) is 5.41 Å². The Kier molecular flexibility index (Phi) is 5.27. The maximum atomic E-state index is 6.15. The van der Waals surface area contributed by atoms with E-state index in [1.54, 1.807) is 5.56 Å². The lowest BCUT2D eigenvalue weighted by atomic mass is 9.66. The fourth-order valence-corrected chi connectivity index (χ4v) is 6.59. The van der Waals surface area contributed by atoms with Gasteiger partial charge in [-0.1, -0.05) is 61.5 Å². The Morgan fingerprint density at radius 1 is 1.12 bits per heavy atom. The molecule has 33 heavy (non-hydrogen) atoms. The van der Waals surface area contributed by atoms with Crippen molar-refractivity contribution in [1.29, 1.82) is 0 Å². The van der Waals surface area contributed by atoms with Gasteiger partial charge in [-0.05, 0) is 61.6 Å². The molecule has 4 heterocycles. The van der Waals surface area contributed by atoms with E-state index in [1.807, 2.05) is 18.2 Å². The van der Waals surface area contributed by atoms with Gasteiger partial charge in [-0.3, -0.25) is 4.90 Å². The summed E-state index contributed by atoms with van der Waals surface area (Å²) in [5.74, 6) is 0. The van der Waals surface area contributed by atoms with Crippen LogP contribution in [-0.2, 0) is 17.7 Å². The van der Waals surface area contributed by atoms with Gasteiger partial charge >= 0.3 is 0 Å². The van der Waals surface area contributed by atoms with Crippen molar-refractivity contribution < 1.29 is 4.74 Å². The molecule has 4 nitrogen and oxygen atoms in total. The quantitative estimate of drug-likeness (QED) is 0.500. The zero-order valence-electron chi connectivity index (χ0n) is 19.2. The number of aromatic nitrogens is 1. The van der Waals surface area contributed by atoms with Crippen LogP contribution in [0.3, 0.4) is 0 Å². The first kappa shape index (κ1) is 20.9. The fraction of sp³-hybridized carbons (Fsp3) is 0.393. The number of fused-ring (bicyclic) bond motifs is 3. The van der Waals surface area contributed by atoms with Gasteiger partial charge in [-0.15, -0.1) is 0 Å². The highest BCUT2D eigenvalue weighted by Gasteiger charge is 2.50. The third-order valence-corrected chi connectivity index (χ3v) is 8.22. The van der Waals surface area contributed by atoms with Gasteiger partial charge in [0, 0.05) is 29.6 Å². The van der Waals surface area contributed by atoms with E-state index >= 15 is 0 Å². The average Bonchev–Trinajstić information content (AvgIpc) is 3.21. The number of hydrogen-bond donors (Lipinski definition) is 1. The highest BCUT2D eigenvalue weighted by atomic mass is 32.1. The summed E-state index contributed by atoms with van der Waals surface area (Å²) in [6.45, 7) is 5.90. The second kappa shape index (κ2) is 8.30. The molecule has 0 unspecified atom stereocenters. The van der Waals surface area contributed by atoms with Crippen molar-refractivity contribution in [2.75, 3.05) is 19.7 Å². The Labute approximate surface area is 201 Å². The number of ether oxygens (including phenoxy) is 1. The van der Waals surface area contributed by atoms with Gasteiger partial charge in [0.1, 0.15) is 6.61 Å². The Balaban J connectivity index is 1.34. The predicted octanol–water partition coefficient (Wildman–Crippen LogP) is 5.68. The Morgan fingerprint density at radius 2 is 1.94 bits per heavy atom. The number of piperidine rings is 1. The lowest BCUT2D eigenvalue weighted by molar-refractivity contribution is 0.0264. The van der Waals surface area contributed by atoms with E-state index < -0.39 is 0 Å². The molecule has 3 aliphatic rings. The standard InChI is InChI=1S/C28H31N3OS/c1-2-28-14-8-15-30-16-13-23-22-11-6-7-12-24(22)31(25(23)26(28)30)21(17-28)19-32-27(33)29-18-20-9-4-3-5-10-20/h3-7,9-12,17,26H,2,8,13-16,18-19H2,1H3,(H,29,33)/t26-,28+/m1/s1. The lowest BCUT2D eigenvalue weighted by Gasteiger charge is -2.53.